The Balaban J connectivity index is 2.02. The fourth-order valence-electron chi connectivity index (χ4n) is 2.33. The predicted octanol–water partition coefficient (Wildman–Crippen LogP) is 2.52. The van der Waals surface area contributed by atoms with Crippen LogP contribution in [-0.2, 0) is 26.8 Å². The highest BCUT2D eigenvalue weighted by atomic mass is 32.2. The molecule has 0 bridgehead atoms. The van der Waals surface area contributed by atoms with E-state index in [4.69, 9.17) is 5.73 Å². The molecule has 3 N–H and O–H groups in total. The van der Waals surface area contributed by atoms with Gasteiger partial charge in [-0.15, -0.1) is 0 Å². The summed E-state index contributed by atoms with van der Waals surface area (Å²) in [6, 6.07) is 15.7. The minimum atomic E-state index is -3.19. The van der Waals surface area contributed by atoms with E-state index in [1.165, 1.54) is 0 Å². The van der Waals surface area contributed by atoms with Gasteiger partial charge in [-0.1, -0.05) is 42.5 Å². The molecule has 2 rings (SSSR count). The van der Waals surface area contributed by atoms with Crippen molar-refractivity contribution in [1.82, 2.24) is 0 Å². The number of hydrogen-bond acceptors (Lipinski definition) is 4. The molecule has 0 unspecified atom stereocenters. The Bertz CT molecular complexity index is 818. The van der Waals surface area contributed by atoms with E-state index < -0.39 is 21.1 Å². The molecule has 0 saturated carbocycles. The minimum Gasteiger partial charge on any atom is -0.325 e. The van der Waals surface area contributed by atoms with E-state index in [0.717, 1.165) is 5.56 Å². The Morgan fingerprint density at radius 2 is 1.68 bits per heavy atom. The fraction of sp³-hybridized carbons (Fsp3) is 0.316. The minimum absolute atomic E-state index is 0.0511. The first-order chi connectivity index (χ1) is 11.8. The topological polar surface area (TPSA) is 89.3 Å². The maximum Gasteiger partial charge on any atom is 0.241 e. The molecule has 0 radical (unpaired) electrons. The maximum atomic E-state index is 12.3. The summed E-state index contributed by atoms with van der Waals surface area (Å²) in [6.45, 7) is 3.31. The molecule has 1 amide bonds. The summed E-state index contributed by atoms with van der Waals surface area (Å²) in [4.78, 5) is 12.3. The highest BCUT2D eigenvalue weighted by Gasteiger charge is 2.18. The van der Waals surface area contributed by atoms with Crippen LogP contribution in [0.25, 0.3) is 0 Å². The number of nitrogens with one attached hydrogen (secondary N) is 1. The molecule has 0 fully saturated rings. The average Bonchev–Trinajstić information content (AvgIpc) is 2.55. The number of rotatable bonds is 7. The van der Waals surface area contributed by atoms with Crippen molar-refractivity contribution in [3.8, 4) is 0 Å². The van der Waals surface area contributed by atoms with Crippen LogP contribution in [0.5, 0.6) is 0 Å². The molecule has 0 aliphatic rings. The van der Waals surface area contributed by atoms with Crippen molar-refractivity contribution >= 4 is 21.4 Å². The maximum absolute atomic E-state index is 12.3. The van der Waals surface area contributed by atoms with Crippen molar-refractivity contribution in [3.63, 3.8) is 0 Å². The van der Waals surface area contributed by atoms with Gasteiger partial charge in [0.2, 0.25) is 5.91 Å². The lowest BCUT2D eigenvalue weighted by Gasteiger charge is -2.13. The van der Waals surface area contributed by atoms with Crippen LogP contribution >= 0.6 is 0 Å². The Hall–Kier alpha value is -2.18. The zero-order valence-electron chi connectivity index (χ0n) is 14.5. The highest BCUT2D eigenvalue weighted by molar-refractivity contribution is 7.91. The molecule has 134 valence electrons. The first-order valence-corrected chi connectivity index (χ1v) is 9.90. The van der Waals surface area contributed by atoms with E-state index in [0.29, 0.717) is 17.7 Å². The lowest BCUT2D eigenvalue weighted by Crippen LogP contribution is -2.37. The van der Waals surface area contributed by atoms with Crippen LogP contribution in [0.1, 0.15) is 25.0 Å². The Kier molecular flexibility index (Phi) is 6.33. The molecule has 0 aromatic heterocycles. The van der Waals surface area contributed by atoms with E-state index in [2.05, 4.69) is 5.32 Å². The van der Waals surface area contributed by atoms with Crippen LogP contribution < -0.4 is 11.1 Å². The van der Waals surface area contributed by atoms with E-state index in [1.54, 1.807) is 38.1 Å². The second-order valence-corrected chi connectivity index (χ2v) is 8.90. The van der Waals surface area contributed by atoms with Gasteiger partial charge in [-0.05, 0) is 43.5 Å². The number of benzene rings is 2. The van der Waals surface area contributed by atoms with Crippen molar-refractivity contribution < 1.29 is 13.2 Å². The van der Waals surface area contributed by atoms with E-state index in [-0.39, 0.29) is 11.7 Å². The van der Waals surface area contributed by atoms with E-state index in [1.807, 2.05) is 30.3 Å². The van der Waals surface area contributed by atoms with Gasteiger partial charge in [0.1, 0.15) is 0 Å². The van der Waals surface area contributed by atoms with Gasteiger partial charge < -0.3 is 11.1 Å². The zero-order chi connectivity index (χ0) is 18.4. The van der Waals surface area contributed by atoms with Crippen LogP contribution in [0.2, 0.25) is 0 Å². The first kappa shape index (κ1) is 19.1. The van der Waals surface area contributed by atoms with Crippen LogP contribution in [0.4, 0.5) is 5.69 Å². The zero-order valence-corrected chi connectivity index (χ0v) is 15.3. The quantitative estimate of drug-likeness (QED) is 0.794. The van der Waals surface area contributed by atoms with Crippen LogP contribution in [-0.4, -0.2) is 25.6 Å². The molecular weight excluding hydrogens is 336 g/mol. The number of carbonyl (C=O) groups is 1. The number of hydrogen-bond donors (Lipinski definition) is 2. The van der Waals surface area contributed by atoms with Gasteiger partial charge in [-0.25, -0.2) is 8.42 Å². The molecule has 0 heterocycles. The van der Waals surface area contributed by atoms with Gasteiger partial charge in [-0.3, -0.25) is 4.79 Å². The largest absolute Gasteiger partial charge is 0.325 e. The third kappa shape index (κ3) is 5.69. The monoisotopic (exact) mass is 360 g/mol. The van der Waals surface area contributed by atoms with Gasteiger partial charge in [0.05, 0.1) is 17.0 Å². The second kappa shape index (κ2) is 8.27. The van der Waals surface area contributed by atoms with Gasteiger partial charge >= 0.3 is 0 Å². The third-order valence-corrected chi connectivity index (χ3v) is 6.09. The number of anilines is 1. The second-order valence-electron chi connectivity index (χ2n) is 6.34. The van der Waals surface area contributed by atoms with Crippen molar-refractivity contribution in [3.05, 3.63) is 65.7 Å². The standard InChI is InChI=1S/C19H24N2O3S/c1-14(2)25(23,24)13-16-9-6-10-17(11-16)21-19(22)18(20)12-15-7-4-3-5-8-15/h3-11,14,18H,12-13,20H2,1-2H3,(H,21,22)/t18-/m0/s1. The van der Waals surface area contributed by atoms with Crippen LogP contribution in [0.3, 0.4) is 0 Å². The summed E-state index contributed by atoms with van der Waals surface area (Å²) >= 11 is 0. The molecule has 2 aromatic rings. The van der Waals surface area contributed by atoms with E-state index >= 15 is 0 Å². The van der Waals surface area contributed by atoms with Gasteiger partial charge in [0.25, 0.3) is 0 Å². The van der Waals surface area contributed by atoms with Crippen molar-refractivity contribution in [2.45, 2.75) is 37.3 Å². The lowest BCUT2D eigenvalue weighted by molar-refractivity contribution is -0.117. The summed E-state index contributed by atoms with van der Waals surface area (Å²) in [6.07, 6.45) is 0.439. The molecule has 1 atom stereocenters. The van der Waals surface area contributed by atoms with Crippen molar-refractivity contribution in [2.75, 3.05) is 5.32 Å². The van der Waals surface area contributed by atoms with Crippen LogP contribution in [0, 0.1) is 0 Å². The molecule has 5 nitrogen and oxygen atoms in total. The molecule has 0 spiro atoms. The third-order valence-electron chi connectivity index (χ3n) is 3.92. The van der Waals surface area contributed by atoms with Crippen molar-refractivity contribution in [1.29, 1.82) is 0 Å². The number of amides is 1. The molecule has 0 aliphatic heterocycles. The molecule has 6 heteroatoms. The summed E-state index contributed by atoms with van der Waals surface area (Å²) in [5.41, 5.74) is 8.14. The summed E-state index contributed by atoms with van der Waals surface area (Å²) < 4.78 is 24.1. The summed E-state index contributed by atoms with van der Waals surface area (Å²) in [5.74, 6) is -0.350. The van der Waals surface area contributed by atoms with Crippen LogP contribution in [0.15, 0.2) is 54.6 Å². The Morgan fingerprint density at radius 3 is 2.32 bits per heavy atom. The number of sulfone groups is 1. The predicted molar refractivity (Wildman–Crippen MR) is 101 cm³/mol. The molecule has 25 heavy (non-hydrogen) atoms. The van der Waals surface area contributed by atoms with Gasteiger partial charge in [0.15, 0.2) is 9.84 Å². The molecular formula is C19H24N2O3S. The molecule has 2 aromatic carbocycles. The first-order valence-electron chi connectivity index (χ1n) is 8.19. The van der Waals surface area contributed by atoms with E-state index in [9.17, 15) is 13.2 Å². The molecule has 0 saturated heterocycles. The summed E-state index contributed by atoms with van der Waals surface area (Å²) in [5, 5.41) is 2.32. The number of carbonyl (C=O) groups excluding carboxylic acids is 1. The van der Waals surface area contributed by atoms with Gasteiger partial charge in [-0.2, -0.15) is 0 Å². The Morgan fingerprint density at radius 1 is 1.04 bits per heavy atom. The fourth-order valence-corrected chi connectivity index (χ4v) is 3.31. The number of nitrogens with two attached hydrogens (primary N) is 1. The normalized spacial score (nSPS) is 12.8. The summed E-state index contributed by atoms with van der Waals surface area (Å²) in [7, 11) is -3.19. The van der Waals surface area contributed by atoms with Gasteiger partial charge in [0, 0.05) is 5.69 Å². The highest BCUT2D eigenvalue weighted by Crippen LogP contribution is 2.16. The SMILES string of the molecule is CC(C)S(=O)(=O)Cc1cccc(NC(=O)[C@@H](N)Cc2ccccc2)c1. The lowest BCUT2D eigenvalue weighted by atomic mass is 10.1. The Labute approximate surface area is 149 Å². The molecule has 0 aliphatic carbocycles. The average molecular weight is 360 g/mol. The smallest absolute Gasteiger partial charge is 0.241 e. The van der Waals surface area contributed by atoms with Crippen molar-refractivity contribution in [2.24, 2.45) is 5.73 Å².